The molecular weight excluding hydrogens is 254 g/mol. The maximum absolute atomic E-state index is 8.71. The highest BCUT2D eigenvalue weighted by atomic mass is 16.5. The molecule has 0 saturated carbocycles. The Bertz CT molecular complexity index is 627. The normalized spacial score (nSPS) is 19.8. The Balaban J connectivity index is 1.78. The van der Waals surface area contributed by atoms with E-state index in [2.05, 4.69) is 22.0 Å². The van der Waals surface area contributed by atoms with Crippen molar-refractivity contribution in [3.8, 4) is 0 Å². The third-order valence-corrected chi connectivity index (χ3v) is 3.89. The van der Waals surface area contributed by atoms with Crippen LogP contribution in [0, 0.1) is 0 Å². The molecule has 5 heteroatoms. The Morgan fingerprint density at radius 2 is 2.35 bits per heavy atom. The number of amidine groups is 1. The molecule has 2 heterocycles. The molecule has 1 atom stereocenters. The summed E-state index contributed by atoms with van der Waals surface area (Å²) in [5, 5.41) is 12.8. The standard InChI is InChI=1S/C15H19N3O2/c16-15(17-19)12-3-4-14-11(10-12)5-7-18(14)8-6-13-2-1-9-20-13/h3-5,7,10,13,19H,1-2,6,8-9H2,(H2,16,17). The number of aromatic nitrogens is 1. The van der Waals surface area contributed by atoms with Crippen molar-refractivity contribution in [3.63, 3.8) is 0 Å². The van der Waals surface area contributed by atoms with E-state index in [1.165, 1.54) is 12.8 Å². The van der Waals surface area contributed by atoms with E-state index >= 15 is 0 Å². The van der Waals surface area contributed by atoms with Gasteiger partial charge in [-0.1, -0.05) is 5.16 Å². The molecule has 20 heavy (non-hydrogen) atoms. The second-order valence-corrected chi connectivity index (χ2v) is 5.19. The molecular formula is C15H19N3O2. The van der Waals surface area contributed by atoms with Crippen LogP contribution in [-0.2, 0) is 11.3 Å². The van der Waals surface area contributed by atoms with Gasteiger partial charge in [-0.3, -0.25) is 0 Å². The van der Waals surface area contributed by atoms with Crippen LogP contribution in [0.1, 0.15) is 24.8 Å². The predicted octanol–water partition coefficient (Wildman–Crippen LogP) is 2.30. The number of oxime groups is 1. The molecule has 3 N–H and O–H groups in total. The average Bonchev–Trinajstić information content (AvgIpc) is 3.13. The number of benzene rings is 1. The smallest absolute Gasteiger partial charge is 0.170 e. The van der Waals surface area contributed by atoms with Crippen molar-refractivity contribution in [2.45, 2.75) is 31.9 Å². The highest BCUT2D eigenvalue weighted by Crippen LogP contribution is 2.21. The second kappa shape index (κ2) is 5.54. The Hall–Kier alpha value is -2.01. The predicted molar refractivity (Wildman–Crippen MR) is 78.0 cm³/mol. The minimum Gasteiger partial charge on any atom is -0.409 e. The van der Waals surface area contributed by atoms with Gasteiger partial charge >= 0.3 is 0 Å². The molecule has 106 valence electrons. The zero-order valence-electron chi connectivity index (χ0n) is 11.3. The fourth-order valence-electron chi connectivity index (χ4n) is 2.77. The van der Waals surface area contributed by atoms with Crippen molar-refractivity contribution in [3.05, 3.63) is 36.0 Å². The van der Waals surface area contributed by atoms with Crippen LogP contribution in [0.5, 0.6) is 0 Å². The minimum atomic E-state index is 0.138. The largest absolute Gasteiger partial charge is 0.409 e. The van der Waals surface area contributed by atoms with E-state index in [1.807, 2.05) is 18.2 Å². The van der Waals surface area contributed by atoms with Crippen LogP contribution >= 0.6 is 0 Å². The lowest BCUT2D eigenvalue weighted by atomic mass is 10.1. The highest BCUT2D eigenvalue weighted by Gasteiger charge is 2.15. The summed E-state index contributed by atoms with van der Waals surface area (Å²) in [6, 6.07) is 7.88. The Labute approximate surface area is 117 Å². The van der Waals surface area contributed by atoms with Gasteiger partial charge in [-0.25, -0.2) is 0 Å². The van der Waals surface area contributed by atoms with E-state index in [0.29, 0.717) is 6.10 Å². The third-order valence-electron chi connectivity index (χ3n) is 3.89. The van der Waals surface area contributed by atoms with Gasteiger partial charge in [0.15, 0.2) is 5.84 Å². The number of hydrogen-bond donors (Lipinski definition) is 2. The summed E-state index contributed by atoms with van der Waals surface area (Å²) in [7, 11) is 0. The van der Waals surface area contributed by atoms with Crippen LogP contribution in [-0.4, -0.2) is 28.3 Å². The number of ether oxygens (including phenoxy) is 1. The topological polar surface area (TPSA) is 72.8 Å². The summed E-state index contributed by atoms with van der Waals surface area (Å²) in [6.07, 6.45) is 5.89. The Kier molecular flexibility index (Phi) is 3.60. The maximum atomic E-state index is 8.71. The molecule has 1 saturated heterocycles. The molecule has 0 aliphatic carbocycles. The van der Waals surface area contributed by atoms with Crippen molar-refractivity contribution in [2.75, 3.05) is 6.61 Å². The zero-order valence-corrected chi connectivity index (χ0v) is 11.3. The number of aryl methyl sites for hydroxylation is 1. The molecule has 1 aliphatic heterocycles. The van der Waals surface area contributed by atoms with Crippen LogP contribution in [0.2, 0.25) is 0 Å². The van der Waals surface area contributed by atoms with E-state index in [0.717, 1.165) is 36.0 Å². The van der Waals surface area contributed by atoms with Crippen molar-refractivity contribution in [1.82, 2.24) is 4.57 Å². The van der Waals surface area contributed by atoms with Gasteiger partial charge in [0.2, 0.25) is 0 Å². The number of rotatable bonds is 4. The van der Waals surface area contributed by atoms with E-state index in [9.17, 15) is 0 Å². The van der Waals surface area contributed by atoms with Crippen molar-refractivity contribution >= 4 is 16.7 Å². The van der Waals surface area contributed by atoms with Crippen LogP contribution in [0.25, 0.3) is 10.9 Å². The maximum Gasteiger partial charge on any atom is 0.170 e. The molecule has 0 radical (unpaired) electrons. The van der Waals surface area contributed by atoms with Gasteiger partial charge in [-0.05, 0) is 43.5 Å². The van der Waals surface area contributed by atoms with Crippen LogP contribution in [0.4, 0.5) is 0 Å². The molecule has 2 aromatic rings. The van der Waals surface area contributed by atoms with Crippen molar-refractivity contribution in [1.29, 1.82) is 0 Å². The summed E-state index contributed by atoms with van der Waals surface area (Å²) < 4.78 is 7.88. The van der Waals surface area contributed by atoms with Gasteiger partial charge in [0.1, 0.15) is 0 Å². The molecule has 1 aliphatic rings. The molecule has 1 aromatic carbocycles. The molecule has 1 aromatic heterocycles. The van der Waals surface area contributed by atoms with Gasteiger partial charge < -0.3 is 20.2 Å². The summed E-state index contributed by atoms with van der Waals surface area (Å²) in [6.45, 7) is 1.86. The first kappa shape index (κ1) is 13.0. The average molecular weight is 273 g/mol. The summed E-state index contributed by atoms with van der Waals surface area (Å²) in [5.41, 5.74) is 7.51. The van der Waals surface area contributed by atoms with Crippen LogP contribution < -0.4 is 5.73 Å². The molecule has 0 amide bonds. The lowest BCUT2D eigenvalue weighted by Gasteiger charge is -2.11. The summed E-state index contributed by atoms with van der Waals surface area (Å²) >= 11 is 0. The van der Waals surface area contributed by atoms with Crippen LogP contribution in [0.3, 0.4) is 0 Å². The highest BCUT2D eigenvalue weighted by molar-refractivity contribution is 6.00. The van der Waals surface area contributed by atoms with E-state index in [1.54, 1.807) is 0 Å². The summed E-state index contributed by atoms with van der Waals surface area (Å²) in [4.78, 5) is 0. The first-order valence-electron chi connectivity index (χ1n) is 6.96. The number of fused-ring (bicyclic) bond motifs is 1. The lowest BCUT2D eigenvalue weighted by molar-refractivity contribution is 0.101. The quantitative estimate of drug-likeness (QED) is 0.388. The third kappa shape index (κ3) is 2.49. The van der Waals surface area contributed by atoms with Crippen molar-refractivity contribution < 1.29 is 9.94 Å². The molecule has 5 nitrogen and oxygen atoms in total. The fraction of sp³-hybridized carbons (Fsp3) is 0.400. The Morgan fingerprint density at radius 3 is 3.10 bits per heavy atom. The molecule has 1 unspecified atom stereocenters. The zero-order chi connectivity index (χ0) is 13.9. The number of hydrogen-bond acceptors (Lipinski definition) is 3. The van der Waals surface area contributed by atoms with E-state index in [-0.39, 0.29) is 5.84 Å². The Morgan fingerprint density at radius 1 is 1.45 bits per heavy atom. The monoisotopic (exact) mass is 273 g/mol. The van der Waals surface area contributed by atoms with Gasteiger partial charge in [-0.2, -0.15) is 0 Å². The van der Waals surface area contributed by atoms with Gasteiger partial charge in [0.05, 0.1) is 6.10 Å². The molecule has 0 bridgehead atoms. The van der Waals surface area contributed by atoms with E-state index in [4.69, 9.17) is 15.7 Å². The first-order valence-corrected chi connectivity index (χ1v) is 6.96. The fourth-order valence-corrected chi connectivity index (χ4v) is 2.77. The van der Waals surface area contributed by atoms with E-state index < -0.39 is 0 Å². The van der Waals surface area contributed by atoms with Crippen LogP contribution in [0.15, 0.2) is 35.6 Å². The van der Waals surface area contributed by atoms with Gasteiger partial charge in [-0.15, -0.1) is 0 Å². The lowest BCUT2D eigenvalue weighted by Crippen LogP contribution is -2.12. The molecule has 1 fully saturated rings. The summed E-state index contributed by atoms with van der Waals surface area (Å²) in [5.74, 6) is 0.138. The SMILES string of the molecule is N/C(=N/O)c1ccc2c(ccn2CCC2CCCO2)c1. The molecule has 3 rings (SSSR count). The van der Waals surface area contributed by atoms with Crippen molar-refractivity contribution in [2.24, 2.45) is 10.9 Å². The van der Waals surface area contributed by atoms with Gasteiger partial charge in [0.25, 0.3) is 0 Å². The second-order valence-electron chi connectivity index (χ2n) is 5.19. The number of nitrogens with two attached hydrogens (primary N) is 1. The minimum absolute atomic E-state index is 0.138. The first-order chi connectivity index (χ1) is 9.78. The number of nitrogens with zero attached hydrogens (tertiary/aromatic N) is 2. The molecule has 0 spiro atoms. The van der Waals surface area contributed by atoms with Gasteiger partial charge in [0, 0.05) is 35.8 Å².